The van der Waals surface area contributed by atoms with Crippen molar-refractivity contribution >= 4 is 50.2 Å². The quantitative estimate of drug-likeness (QED) is 0.576. The number of nitrogens with one attached hydrogen (secondary N) is 2. The molecule has 0 atom stereocenters. The standard InChI is InChI=1S/C24H25N5O4S/c30-22(14-1-2-14)28-23-27-18-4-3-15(12-20(18)34-23)16-11-19-21(26-13-16)25-7-8-29(19)24(31)33-17-5-9-32-10-6-17/h3-4,11-14,17H,1-2,5-10H2,(H,25,26)(H,27,28,30). The fraction of sp³-hybridized carbons (Fsp3) is 0.417. The maximum Gasteiger partial charge on any atom is 0.414 e. The zero-order valence-corrected chi connectivity index (χ0v) is 19.4. The molecule has 1 saturated carbocycles. The molecule has 2 aliphatic heterocycles. The third-order valence-corrected chi connectivity index (χ3v) is 7.28. The largest absolute Gasteiger partial charge is 0.446 e. The van der Waals surface area contributed by atoms with E-state index in [1.165, 1.54) is 11.3 Å². The predicted octanol–water partition coefficient (Wildman–Crippen LogP) is 4.25. The van der Waals surface area contributed by atoms with Crippen molar-refractivity contribution in [1.29, 1.82) is 0 Å². The third kappa shape index (κ3) is 4.30. The summed E-state index contributed by atoms with van der Waals surface area (Å²) in [6.07, 6.45) is 4.71. The highest BCUT2D eigenvalue weighted by Crippen LogP contribution is 2.36. The minimum absolute atomic E-state index is 0.0541. The number of carbonyl (C=O) groups is 2. The second kappa shape index (κ2) is 8.84. The second-order valence-corrected chi connectivity index (χ2v) is 9.86. The number of fused-ring (bicyclic) bond motifs is 2. The lowest BCUT2D eigenvalue weighted by molar-refractivity contribution is -0.117. The summed E-state index contributed by atoms with van der Waals surface area (Å²) in [6.45, 7) is 2.37. The van der Waals surface area contributed by atoms with Crippen molar-refractivity contribution in [3.05, 3.63) is 30.5 Å². The Kier molecular flexibility index (Phi) is 5.54. The van der Waals surface area contributed by atoms with Gasteiger partial charge in [-0.2, -0.15) is 0 Å². The molecule has 4 heterocycles. The lowest BCUT2D eigenvalue weighted by atomic mass is 10.1. The topological polar surface area (TPSA) is 106 Å². The van der Waals surface area contributed by atoms with Gasteiger partial charge in [-0.25, -0.2) is 14.8 Å². The lowest BCUT2D eigenvalue weighted by Crippen LogP contribution is -2.41. The van der Waals surface area contributed by atoms with Gasteiger partial charge in [-0.05, 0) is 36.6 Å². The maximum atomic E-state index is 13.0. The summed E-state index contributed by atoms with van der Waals surface area (Å²) in [4.78, 5) is 35.8. The number of benzene rings is 1. The normalized spacial score (nSPS) is 18.3. The number of ether oxygens (including phenoxy) is 2. The molecule has 2 amide bonds. The fourth-order valence-corrected chi connectivity index (χ4v) is 5.17. The molecular formula is C24H25N5O4S. The summed E-state index contributed by atoms with van der Waals surface area (Å²) in [6, 6.07) is 7.95. The molecule has 10 heteroatoms. The number of anilines is 3. The van der Waals surface area contributed by atoms with Gasteiger partial charge >= 0.3 is 6.09 Å². The van der Waals surface area contributed by atoms with E-state index in [1.807, 2.05) is 24.3 Å². The Bertz CT molecular complexity index is 1250. The van der Waals surface area contributed by atoms with Crippen molar-refractivity contribution in [2.45, 2.75) is 31.8 Å². The van der Waals surface area contributed by atoms with Crippen molar-refractivity contribution in [3.8, 4) is 11.1 Å². The highest BCUT2D eigenvalue weighted by Gasteiger charge is 2.30. The zero-order chi connectivity index (χ0) is 23.1. The Morgan fingerprint density at radius 3 is 2.82 bits per heavy atom. The van der Waals surface area contributed by atoms with Gasteiger partial charge in [-0.1, -0.05) is 17.4 Å². The van der Waals surface area contributed by atoms with Gasteiger partial charge in [0.2, 0.25) is 5.91 Å². The van der Waals surface area contributed by atoms with Crippen LogP contribution in [0.5, 0.6) is 0 Å². The molecule has 3 aromatic rings. The van der Waals surface area contributed by atoms with E-state index < -0.39 is 0 Å². The molecule has 2 fully saturated rings. The smallest absolute Gasteiger partial charge is 0.414 e. The van der Waals surface area contributed by atoms with E-state index in [0.29, 0.717) is 42.9 Å². The van der Waals surface area contributed by atoms with Crippen LogP contribution in [-0.4, -0.2) is 54.4 Å². The van der Waals surface area contributed by atoms with Crippen LogP contribution in [0.15, 0.2) is 30.5 Å². The summed E-state index contributed by atoms with van der Waals surface area (Å²) >= 11 is 1.46. The van der Waals surface area contributed by atoms with Crippen molar-refractivity contribution in [3.63, 3.8) is 0 Å². The number of amides is 2. The van der Waals surface area contributed by atoms with E-state index in [2.05, 4.69) is 20.6 Å². The Morgan fingerprint density at radius 2 is 2.00 bits per heavy atom. The molecule has 1 aromatic carbocycles. The highest BCUT2D eigenvalue weighted by atomic mass is 32.1. The van der Waals surface area contributed by atoms with E-state index in [1.54, 1.807) is 11.1 Å². The molecule has 3 aliphatic rings. The summed E-state index contributed by atoms with van der Waals surface area (Å²) in [5, 5.41) is 6.82. The number of aromatic nitrogens is 2. The van der Waals surface area contributed by atoms with E-state index in [9.17, 15) is 9.59 Å². The van der Waals surface area contributed by atoms with Crippen LogP contribution in [0.4, 0.5) is 21.4 Å². The Hall–Kier alpha value is -3.24. The molecule has 0 radical (unpaired) electrons. The van der Waals surface area contributed by atoms with Gasteiger partial charge in [0.1, 0.15) is 11.9 Å². The Balaban J connectivity index is 1.25. The van der Waals surface area contributed by atoms with Crippen LogP contribution in [0.1, 0.15) is 25.7 Å². The van der Waals surface area contributed by atoms with Crippen LogP contribution in [0.25, 0.3) is 21.3 Å². The number of rotatable bonds is 4. The lowest BCUT2D eigenvalue weighted by Gasteiger charge is -2.31. The average molecular weight is 480 g/mol. The Labute approximate surface area is 200 Å². The number of thiazole rings is 1. The van der Waals surface area contributed by atoms with Gasteiger partial charge in [0.05, 0.1) is 29.1 Å². The molecular weight excluding hydrogens is 454 g/mol. The fourth-order valence-electron chi connectivity index (χ4n) is 4.26. The summed E-state index contributed by atoms with van der Waals surface area (Å²) < 4.78 is 12.1. The van der Waals surface area contributed by atoms with E-state index >= 15 is 0 Å². The minimum Gasteiger partial charge on any atom is -0.446 e. The number of pyridine rings is 1. The summed E-state index contributed by atoms with van der Waals surface area (Å²) in [7, 11) is 0. The van der Waals surface area contributed by atoms with Crippen molar-refractivity contribution in [1.82, 2.24) is 9.97 Å². The van der Waals surface area contributed by atoms with Crippen LogP contribution in [0.2, 0.25) is 0 Å². The van der Waals surface area contributed by atoms with Gasteiger partial charge in [0.25, 0.3) is 0 Å². The summed E-state index contributed by atoms with van der Waals surface area (Å²) in [5.74, 6) is 0.861. The van der Waals surface area contributed by atoms with Crippen LogP contribution in [0, 0.1) is 5.92 Å². The number of nitrogens with zero attached hydrogens (tertiary/aromatic N) is 3. The summed E-state index contributed by atoms with van der Waals surface area (Å²) in [5.41, 5.74) is 3.41. The molecule has 6 rings (SSSR count). The van der Waals surface area contributed by atoms with E-state index in [0.717, 1.165) is 47.0 Å². The van der Waals surface area contributed by atoms with Crippen molar-refractivity contribution < 1.29 is 19.1 Å². The van der Waals surface area contributed by atoms with Crippen molar-refractivity contribution in [2.24, 2.45) is 5.92 Å². The molecule has 0 bridgehead atoms. The first-order chi connectivity index (χ1) is 16.6. The van der Waals surface area contributed by atoms with Gasteiger partial charge in [0.15, 0.2) is 5.13 Å². The van der Waals surface area contributed by atoms with E-state index in [-0.39, 0.29) is 24.0 Å². The van der Waals surface area contributed by atoms with Crippen LogP contribution >= 0.6 is 11.3 Å². The first kappa shape index (κ1) is 21.3. The minimum atomic E-state index is -0.345. The first-order valence-corrected chi connectivity index (χ1v) is 12.5. The van der Waals surface area contributed by atoms with Crippen LogP contribution < -0.4 is 15.5 Å². The molecule has 1 aliphatic carbocycles. The van der Waals surface area contributed by atoms with Crippen LogP contribution in [-0.2, 0) is 14.3 Å². The zero-order valence-electron chi connectivity index (χ0n) is 18.6. The predicted molar refractivity (Wildman–Crippen MR) is 130 cm³/mol. The molecule has 176 valence electrons. The monoisotopic (exact) mass is 479 g/mol. The van der Waals surface area contributed by atoms with Crippen molar-refractivity contribution in [2.75, 3.05) is 41.8 Å². The number of hydrogen-bond acceptors (Lipinski definition) is 8. The molecule has 0 unspecified atom stereocenters. The highest BCUT2D eigenvalue weighted by molar-refractivity contribution is 7.22. The molecule has 9 nitrogen and oxygen atoms in total. The first-order valence-electron chi connectivity index (χ1n) is 11.7. The SMILES string of the molecule is O=C(Nc1nc2ccc(-c3cnc4c(c3)N(C(=O)OC3CCOCC3)CCN4)cc2s1)C1CC1. The van der Waals surface area contributed by atoms with Crippen LogP contribution in [0.3, 0.4) is 0 Å². The molecule has 2 N–H and O–H groups in total. The van der Waals surface area contributed by atoms with Gasteiger partial charge in [-0.15, -0.1) is 0 Å². The average Bonchev–Trinajstić information content (AvgIpc) is 3.64. The third-order valence-electron chi connectivity index (χ3n) is 6.34. The van der Waals surface area contributed by atoms with E-state index in [4.69, 9.17) is 9.47 Å². The number of carbonyl (C=O) groups excluding carboxylic acids is 2. The second-order valence-electron chi connectivity index (χ2n) is 8.83. The van der Waals surface area contributed by atoms with Gasteiger partial charge in [0, 0.05) is 43.6 Å². The number of hydrogen-bond donors (Lipinski definition) is 2. The molecule has 1 saturated heterocycles. The Morgan fingerprint density at radius 1 is 1.15 bits per heavy atom. The maximum absolute atomic E-state index is 13.0. The molecule has 34 heavy (non-hydrogen) atoms. The van der Waals surface area contributed by atoms with Gasteiger partial charge in [-0.3, -0.25) is 9.69 Å². The molecule has 0 spiro atoms. The van der Waals surface area contributed by atoms with Gasteiger partial charge < -0.3 is 20.1 Å². The molecule has 2 aromatic heterocycles.